The number of carbonyl (C=O) groups is 2. The van der Waals surface area contributed by atoms with Gasteiger partial charge in [-0.05, 0) is 44.9 Å². The van der Waals surface area contributed by atoms with Crippen LogP contribution < -0.4 is 5.32 Å². The lowest BCUT2D eigenvalue weighted by Gasteiger charge is -2.46. The van der Waals surface area contributed by atoms with Crippen LogP contribution in [0.5, 0.6) is 0 Å². The predicted octanol–water partition coefficient (Wildman–Crippen LogP) is 3.69. The van der Waals surface area contributed by atoms with E-state index in [1.54, 1.807) is 6.08 Å². The fourth-order valence-electron chi connectivity index (χ4n) is 4.10. The summed E-state index contributed by atoms with van der Waals surface area (Å²) in [5.41, 5.74) is 0.981. The Hall–Kier alpha value is -1.31. The first kappa shape index (κ1) is 21.4. The van der Waals surface area contributed by atoms with E-state index < -0.39 is 17.9 Å². The number of thioether (sulfide) groups is 1. The maximum atomic E-state index is 12.3. The fourth-order valence-corrected chi connectivity index (χ4v) is 4.86. The number of nitrogens with one attached hydrogen (secondary N) is 1. The van der Waals surface area contributed by atoms with Crippen LogP contribution in [0.3, 0.4) is 0 Å². The van der Waals surface area contributed by atoms with Crippen molar-refractivity contribution < 1.29 is 24.2 Å². The van der Waals surface area contributed by atoms with E-state index in [-0.39, 0.29) is 23.7 Å². The monoisotopic (exact) mass is 409 g/mol. The molecule has 156 valence electrons. The lowest BCUT2D eigenvalue weighted by atomic mass is 9.89. The van der Waals surface area contributed by atoms with Gasteiger partial charge >= 0.3 is 5.97 Å². The van der Waals surface area contributed by atoms with Crippen LogP contribution in [0.2, 0.25) is 0 Å². The molecule has 2 N–H and O–H groups in total. The van der Waals surface area contributed by atoms with Gasteiger partial charge in [0.15, 0.2) is 5.79 Å². The number of fused-ring (bicyclic) bond motifs is 2. The number of carbonyl (C=O) groups excluding carboxylic acids is 2. The minimum atomic E-state index is -1.51. The van der Waals surface area contributed by atoms with Gasteiger partial charge in [-0.3, -0.25) is 4.79 Å². The van der Waals surface area contributed by atoms with Crippen molar-refractivity contribution in [3.05, 3.63) is 23.8 Å². The molecule has 0 aliphatic carbocycles. The summed E-state index contributed by atoms with van der Waals surface area (Å²) in [6, 6.07) is -0.487. The molecule has 28 heavy (non-hydrogen) atoms. The summed E-state index contributed by atoms with van der Waals surface area (Å²) in [6.45, 7) is 4.11. The molecule has 0 aromatic rings. The first-order valence-corrected chi connectivity index (χ1v) is 11.2. The highest BCUT2D eigenvalue weighted by Gasteiger charge is 2.48. The summed E-state index contributed by atoms with van der Waals surface area (Å²) in [5, 5.41) is 13.9. The molecule has 5 atom stereocenters. The van der Waals surface area contributed by atoms with Gasteiger partial charge in [0.2, 0.25) is 0 Å². The molecule has 1 amide bonds. The SMILES string of the molecule is C/C1=C/C(=O)O[C@@H]2C[C@@H](CC[C@H](C)/C=C\CC1)O[C@@](O)([C@@H]1CCSC(=O)N1)C2. The standard InChI is InChI=1S/C21H31NO5S/c1-14-5-3-4-6-15(2)11-19(23)26-17-12-16(8-7-14)27-21(25,13-17)18-9-10-28-20(24)22-18/h3,5,11,14,16-18,25H,4,6-10,12-13H2,1-2H3,(H,22,24)/b5-3-,15-11-/t14-,16-,17-,18+,21-/m1/s1. The number of rotatable bonds is 1. The lowest BCUT2D eigenvalue weighted by molar-refractivity contribution is -0.287. The van der Waals surface area contributed by atoms with Crippen molar-refractivity contribution in [3.63, 3.8) is 0 Å². The van der Waals surface area contributed by atoms with Crippen LogP contribution in [0, 0.1) is 5.92 Å². The Kier molecular flexibility index (Phi) is 7.23. The van der Waals surface area contributed by atoms with E-state index in [1.807, 2.05) is 6.92 Å². The first-order chi connectivity index (χ1) is 13.3. The van der Waals surface area contributed by atoms with Crippen molar-refractivity contribution >= 4 is 23.0 Å². The second kappa shape index (κ2) is 9.46. The van der Waals surface area contributed by atoms with E-state index in [1.165, 1.54) is 11.8 Å². The summed E-state index contributed by atoms with van der Waals surface area (Å²) < 4.78 is 11.8. The van der Waals surface area contributed by atoms with E-state index >= 15 is 0 Å². The number of aliphatic hydroxyl groups is 1. The Morgan fingerprint density at radius 3 is 2.86 bits per heavy atom. The average Bonchev–Trinajstić information content (AvgIpc) is 2.62. The van der Waals surface area contributed by atoms with Crippen LogP contribution >= 0.6 is 11.8 Å². The van der Waals surface area contributed by atoms with Crippen molar-refractivity contribution in [2.45, 2.75) is 82.8 Å². The number of hydrogen-bond acceptors (Lipinski definition) is 6. The highest BCUT2D eigenvalue weighted by atomic mass is 32.2. The van der Waals surface area contributed by atoms with Crippen LogP contribution in [0.15, 0.2) is 23.8 Å². The van der Waals surface area contributed by atoms with Crippen LogP contribution in [0.1, 0.15) is 58.8 Å². The third kappa shape index (κ3) is 5.84. The molecule has 3 rings (SSSR count). The fraction of sp³-hybridized carbons (Fsp3) is 0.714. The molecule has 0 radical (unpaired) electrons. The minimum absolute atomic E-state index is 0.150. The normalized spacial score (nSPS) is 41.0. The first-order valence-electron chi connectivity index (χ1n) is 10.2. The average molecular weight is 410 g/mol. The van der Waals surface area contributed by atoms with Gasteiger partial charge < -0.3 is 19.9 Å². The maximum absolute atomic E-state index is 12.3. The van der Waals surface area contributed by atoms with Gasteiger partial charge in [-0.15, -0.1) is 0 Å². The Morgan fingerprint density at radius 2 is 2.07 bits per heavy atom. The van der Waals surface area contributed by atoms with E-state index in [2.05, 4.69) is 24.4 Å². The van der Waals surface area contributed by atoms with Crippen LogP contribution in [0.4, 0.5) is 4.79 Å². The zero-order valence-electron chi connectivity index (χ0n) is 16.7. The summed E-state index contributed by atoms with van der Waals surface area (Å²) in [7, 11) is 0. The largest absolute Gasteiger partial charge is 0.459 e. The maximum Gasteiger partial charge on any atom is 0.330 e. The molecule has 0 aromatic carbocycles. The number of amides is 1. The van der Waals surface area contributed by atoms with Gasteiger partial charge in [0.25, 0.3) is 5.24 Å². The Bertz CT molecular complexity index is 649. The van der Waals surface area contributed by atoms with Crippen molar-refractivity contribution in [3.8, 4) is 0 Å². The summed E-state index contributed by atoms with van der Waals surface area (Å²) in [6.07, 6.45) is 10.1. The van der Waals surface area contributed by atoms with Crippen molar-refractivity contribution in [2.24, 2.45) is 5.92 Å². The molecule has 0 spiro atoms. The minimum Gasteiger partial charge on any atom is -0.459 e. The molecule has 0 unspecified atom stereocenters. The van der Waals surface area contributed by atoms with Gasteiger partial charge in [-0.25, -0.2) is 4.79 Å². The Labute approximate surface area is 171 Å². The quantitative estimate of drug-likeness (QED) is 0.507. The third-order valence-electron chi connectivity index (χ3n) is 5.65. The second-order valence-corrected chi connectivity index (χ2v) is 9.28. The predicted molar refractivity (Wildman–Crippen MR) is 109 cm³/mol. The molecule has 0 aromatic heterocycles. The molecular weight excluding hydrogens is 378 g/mol. The van der Waals surface area contributed by atoms with Gasteiger partial charge in [0.1, 0.15) is 6.10 Å². The molecule has 3 aliphatic rings. The van der Waals surface area contributed by atoms with E-state index in [0.29, 0.717) is 24.5 Å². The number of allylic oxidation sites excluding steroid dienone is 3. The third-order valence-corrected chi connectivity index (χ3v) is 6.47. The van der Waals surface area contributed by atoms with Crippen molar-refractivity contribution in [1.82, 2.24) is 5.32 Å². The number of esters is 1. The summed E-state index contributed by atoms with van der Waals surface area (Å²) in [5.74, 6) is -0.832. The van der Waals surface area contributed by atoms with Crippen LogP contribution in [0.25, 0.3) is 0 Å². The second-order valence-electron chi connectivity index (χ2n) is 8.22. The van der Waals surface area contributed by atoms with Crippen LogP contribution in [-0.2, 0) is 14.3 Å². The van der Waals surface area contributed by atoms with E-state index in [9.17, 15) is 14.7 Å². The van der Waals surface area contributed by atoms with Crippen molar-refractivity contribution in [2.75, 3.05) is 5.75 Å². The summed E-state index contributed by atoms with van der Waals surface area (Å²) in [4.78, 5) is 24.1. The van der Waals surface area contributed by atoms with E-state index in [4.69, 9.17) is 9.47 Å². The summed E-state index contributed by atoms with van der Waals surface area (Å²) >= 11 is 1.21. The molecule has 3 aliphatic heterocycles. The molecule has 7 heteroatoms. The molecule has 2 fully saturated rings. The number of hydrogen-bond donors (Lipinski definition) is 2. The Morgan fingerprint density at radius 1 is 1.25 bits per heavy atom. The van der Waals surface area contributed by atoms with Gasteiger partial charge in [-0.2, -0.15) is 0 Å². The molecule has 2 bridgehead atoms. The zero-order valence-corrected chi connectivity index (χ0v) is 17.5. The topological polar surface area (TPSA) is 84.9 Å². The number of ether oxygens (including phenoxy) is 2. The molecule has 6 nitrogen and oxygen atoms in total. The van der Waals surface area contributed by atoms with Crippen molar-refractivity contribution in [1.29, 1.82) is 0 Å². The van der Waals surface area contributed by atoms with Gasteiger partial charge in [-0.1, -0.05) is 36.4 Å². The molecule has 3 heterocycles. The highest BCUT2D eigenvalue weighted by Crippen LogP contribution is 2.36. The molecule has 0 saturated carbocycles. The Balaban J connectivity index is 1.79. The lowest BCUT2D eigenvalue weighted by Crippen LogP contribution is -2.60. The van der Waals surface area contributed by atoms with Crippen LogP contribution in [-0.4, -0.2) is 46.1 Å². The molecular formula is C21H31NO5S. The smallest absolute Gasteiger partial charge is 0.330 e. The van der Waals surface area contributed by atoms with Gasteiger partial charge in [0.05, 0.1) is 12.1 Å². The molecule has 2 saturated heterocycles. The van der Waals surface area contributed by atoms with E-state index in [0.717, 1.165) is 31.3 Å². The van der Waals surface area contributed by atoms with Gasteiger partial charge in [0, 0.05) is 24.7 Å². The zero-order chi connectivity index (χ0) is 20.1. The highest BCUT2D eigenvalue weighted by molar-refractivity contribution is 8.13.